The third-order valence-electron chi connectivity index (χ3n) is 3.09. The molecule has 1 heterocycles. The Morgan fingerprint density at radius 3 is 2.68 bits per heavy atom. The summed E-state index contributed by atoms with van der Waals surface area (Å²) in [6.07, 6.45) is 0.391. The fourth-order valence-corrected chi connectivity index (χ4v) is 2.16. The molecular weight excluding hydrogens is 259 g/mol. The van der Waals surface area contributed by atoms with Crippen LogP contribution in [-0.4, -0.2) is 23.3 Å². The molecule has 0 saturated carbocycles. The minimum atomic E-state index is -4.62. The maximum atomic E-state index is 12.8. The number of anilines is 1. The minimum Gasteiger partial charge on any atom is -0.481 e. The zero-order chi connectivity index (χ0) is 14.2. The summed E-state index contributed by atoms with van der Waals surface area (Å²) in [7, 11) is 0. The second-order valence-corrected chi connectivity index (χ2v) is 4.33. The van der Waals surface area contributed by atoms with Gasteiger partial charge in [-0.1, -0.05) is 5.92 Å². The number of aliphatic carboxylic acids is 1. The van der Waals surface area contributed by atoms with Gasteiger partial charge in [0.1, 0.15) is 6.04 Å². The molecule has 1 aliphatic heterocycles. The van der Waals surface area contributed by atoms with E-state index in [1.54, 1.807) is 0 Å². The minimum absolute atomic E-state index is 0.197. The monoisotopic (exact) mass is 269 g/mol. The number of hydrogen-bond donors (Lipinski definition) is 2. The van der Waals surface area contributed by atoms with Crippen LogP contribution in [0.4, 0.5) is 18.9 Å². The molecule has 0 aliphatic carbocycles. The Kier molecular flexibility index (Phi) is 3.14. The molecule has 0 unspecified atom stereocenters. The topological polar surface area (TPSA) is 49.3 Å². The van der Waals surface area contributed by atoms with E-state index in [0.717, 1.165) is 0 Å². The van der Waals surface area contributed by atoms with E-state index in [9.17, 15) is 18.0 Å². The van der Waals surface area contributed by atoms with Crippen molar-refractivity contribution in [1.82, 2.24) is 0 Å². The van der Waals surface area contributed by atoms with Crippen molar-refractivity contribution in [3.05, 3.63) is 29.3 Å². The molecule has 100 valence electrons. The average Bonchev–Trinajstić information content (AvgIpc) is 2.35. The van der Waals surface area contributed by atoms with Gasteiger partial charge in [0, 0.05) is 11.3 Å². The largest absolute Gasteiger partial charge is 0.481 e. The third kappa shape index (κ3) is 2.50. The molecule has 2 rings (SSSR count). The second kappa shape index (κ2) is 4.50. The first-order chi connectivity index (χ1) is 8.82. The van der Waals surface area contributed by atoms with Crippen LogP contribution in [0.5, 0.6) is 0 Å². The number of carboxylic acid groups (broad SMARTS) is 1. The molecule has 2 N–H and O–H groups in total. The van der Waals surface area contributed by atoms with Gasteiger partial charge in [-0.15, -0.1) is 6.42 Å². The van der Waals surface area contributed by atoms with Crippen LogP contribution < -0.4 is 5.32 Å². The number of fused-ring (bicyclic) bond motifs is 1. The van der Waals surface area contributed by atoms with Gasteiger partial charge in [-0.25, -0.2) is 0 Å². The van der Waals surface area contributed by atoms with Crippen molar-refractivity contribution in [1.29, 1.82) is 0 Å². The molecule has 0 bridgehead atoms. The predicted molar refractivity (Wildman–Crippen MR) is 62.7 cm³/mol. The normalized spacial score (nSPS) is 22.0. The Bertz CT molecular complexity index is 560. The maximum absolute atomic E-state index is 12.8. The van der Waals surface area contributed by atoms with Gasteiger partial charge < -0.3 is 10.4 Å². The molecular formula is C13H10F3NO2. The van der Waals surface area contributed by atoms with Crippen LogP contribution in [0.2, 0.25) is 0 Å². The van der Waals surface area contributed by atoms with Crippen LogP contribution in [0, 0.1) is 18.3 Å². The number of rotatable bonds is 1. The van der Waals surface area contributed by atoms with E-state index >= 15 is 0 Å². The highest BCUT2D eigenvalue weighted by molar-refractivity contribution is 5.75. The summed E-state index contributed by atoms with van der Waals surface area (Å²) in [5.74, 6) is -0.670. The lowest BCUT2D eigenvalue weighted by Crippen LogP contribution is -2.49. The Balaban J connectivity index is 2.42. The number of terminal acetylenes is 1. The molecule has 0 amide bonds. The highest BCUT2D eigenvalue weighted by atomic mass is 19.4. The van der Waals surface area contributed by atoms with E-state index in [-0.39, 0.29) is 12.1 Å². The highest BCUT2D eigenvalue weighted by Crippen LogP contribution is 2.37. The van der Waals surface area contributed by atoms with Crippen molar-refractivity contribution >= 4 is 11.7 Å². The zero-order valence-electron chi connectivity index (χ0n) is 9.66. The Morgan fingerprint density at radius 1 is 1.47 bits per heavy atom. The summed E-state index contributed by atoms with van der Waals surface area (Å²) < 4.78 is 38.5. The van der Waals surface area contributed by atoms with Crippen LogP contribution in [0.15, 0.2) is 18.2 Å². The fraction of sp³-hybridized carbons (Fsp3) is 0.308. The van der Waals surface area contributed by atoms with Crippen LogP contribution in [0.1, 0.15) is 11.1 Å². The SMILES string of the molecule is C#Cc1ccc2c(c1)C[C@@H](C(=O)O)[C@@H](C(F)(F)F)N2. The molecule has 0 aromatic heterocycles. The van der Waals surface area contributed by atoms with Crippen molar-refractivity contribution in [2.45, 2.75) is 18.6 Å². The highest BCUT2D eigenvalue weighted by Gasteiger charge is 2.49. The fourth-order valence-electron chi connectivity index (χ4n) is 2.16. The summed E-state index contributed by atoms with van der Waals surface area (Å²) >= 11 is 0. The molecule has 6 heteroatoms. The quantitative estimate of drug-likeness (QED) is 0.769. The van der Waals surface area contributed by atoms with Gasteiger partial charge in [-0.2, -0.15) is 13.2 Å². The summed E-state index contributed by atoms with van der Waals surface area (Å²) in [6.45, 7) is 0. The predicted octanol–water partition coefficient (Wildman–Crippen LogP) is 2.27. The van der Waals surface area contributed by atoms with Gasteiger partial charge in [0.15, 0.2) is 0 Å². The molecule has 0 fully saturated rings. The summed E-state index contributed by atoms with van der Waals surface area (Å²) in [5.41, 5.74) is 1.28. The third-order valence-corrected chi connectivity index (χ3v) is 3.09. The molecule has 0 spiro atoms. The first kappa shape index (κ1) is 13.3. The lowest BCUT2D eigenvalue weighted by atomic mass is 9.86. The summed E-state index contributed by atoms with van der Waals surface area (Å²) in [4.78, 5) is 11.0. The van der Waals surface area contributed by atoms with Crippen LogP contribution in [0.3, 0.4) is 0 Å². The molecule has 1 aromatic rings. The van der Waals surface area contributed by atoms with Crippen molar-refractivity contribution in [3.8, 4) is 12.3 Å². The van der Waals surface area contributed by atoms with Gasteiger partial charge in [0.25, 0.3) is 0 Å². The first-order valence-electron chi connectivity index (χ1n) is 5.48. The second-order valence-electron chi connectivity index (χ2n) is 4.33. The van der Waals surface area contributed by atoms with E-state index in [0.29, 0.717) is 11.1 Å². The molecule has 1 aromatic carbocycles. The molecule has 3 nitrogen and oxygen atoms in total. The van der Waals surface area contributed by atoms with Gasteiger partial charge in [0.05, 0.1) is 5.92 Å². The van der Waals surface area contributed by atoms with E-state index in [1.165, 1.54) is 18.2 Å². The number of carboxylic acids is 1. The lowest BCUT2D eigenvalue weighted by Gasteiger charge is -2.33. The Labute approximate surface area is 107 Å². The van der Waals surface area contributed by atoms with Crippen LogP contribution >= 0.6 is 0 Å². The Hall–Kier alpha value is -2.16. The van der Waals surface area contributed by atoms with E-state index in [2.05, 4.69) is 11.2 Å². The van der Waals surface area contributed by atoms with Crippen molar-refractivity contribution < 1.29 is 23.1 Å². The van der Waals surface area contributed by atoms with E-state index in [4.69, 9.17) is 11.5 Å². The van der Waals surface area contributed by atoms with Gasteiger partial charge in [-0.3, -0.25) is 4.79 Å². The number of halogens is 3. The van der Waals surface area contributed by atoms with Crippen molar-refractivity contribution in [3.63, 3.8) is 0 Å². The number of carbonyl (C=O) groups is 1. The molecule has 0 radical (unpaired) electrons. The Morgan fingerprint density at radius 2 is 2.16 bits per heavy atom. The van der Waals surface area contributed by atoms with Crippen molar-refractivity contribution in [2.75, 3.05) is 5.32 Å². The first-order valence-corrected chi connectivity index (χ1v) is 5.48. The van der Waals surface area contributed by atoms with Crippen molar-refractivity contribution in [2.24, 2.45) is 5.92 Å². The van der Waals surface area contributed by atoms with Gasteiger partial charge in [0.2, 0.25) is 0 Å². The summed E-state index contributed by atoms with van der Waals surface area (Å²) in [5, 5.41) is 11.2. The number of alkyl halides is 3. The van der Waals surface area contributed by atoms with Crippen LogP contribution in [0.25, 0.3) is 0 Å². The average molecular weight is 269 g/mol. The molecule has 2 atom stereocenters. The molecule has 0 saturated heterocycles. The number of benzene rings is 1. The van der Waals surface area contributed by atoms with Gasteiger partial charge in [-0.05, 0) is 30.2 Å². The summed E-state index contributed by atoms with van der Waals surface area (Å²) in [6, 6.07) is 2.40. The smallest absolute Gasteiger partial charge is 0.409 e. The van der Waals surface area contributed by atoms with E-state index < -0.39 is 24.1 Å². The molecule has 19 heavy (non-hydrogen) atoms. The maximum Gasteiger partial charge on any atom is 0.409 e. The number of nitrogens with one attached hydrogen (secondary N) is 1. The standard InChI is InChI=1S/C13H10F3NO2/c1-2-7-3-4-10-8(5-7)6-9(12(18)19)11(17-10)13(14,15)16/h1,3-5,9,11,17H,6H2,(H,18,19)/t9-,11+/m1/s1. The van der Waals surface area contributed by atoms with E-state index in [1.807, 2.05) is 0 Å². The lowest BCUT2D eigenvalue weighted by molar-refractivity contribution is -0.169. The van der Waals surface area contributed by atoms with Gasteiger partial charge >= 0.3 is 12.1 Å². The molecule has 1 aliphatic rings. The number of hydrogen-bond acceptors (Lipinski definition) is 2. The zero-order valence-corrected chi connectivity index (χ0v) is 9.66. The van der Waals surface area contributed by atoms with Crippen LogP contribution in [-0.2, 0) is 11.2 Å².